The molecule has 4 nitrogen and oxygen atoms in total. The van der Waals surface area contributed by atoms with Crippen molar-refractivity contribution in [3.63, 3.8) is 0 Å². The van der Waals surface area contributed by atoms with Gasteiger partial charge in [-0.05, 0) is 19.1 Å². The number of nitrogens with one attached hydrogen (secondary N) is 1. The second-order valence-electron chi connectivity index (χ2n) is 2.87. The van der Waals surface area contributed by atoms with Gasteiger partial charge < -0.3 is 0 Å². The molecule has 66 valence electrons. The smallest absolute Gasteiger partial charge is 0.284 e. The molecule has 0 aromatic carbocycles. The number of hydrogen-bond donors (Lipinski definition) is 2. The van der Waals surface area contributed by atoms with Crippen molar-refractivity contribution in [3.05, 3.63) is 36.2 Å². The Bertz CT molecular complexity index is 422. The topological polar surface area (TPSA) is 52.8 Å². The first-order chi connectivity index (χ1) is 6.27. The molecule has 0 saturated heterocycles. The SMILES string of the molecule is Cc1cc(-c2cccc[n+]2O)n[nH]1. The molecule has 2 aromatic rings. The van der Waals surface area contributed by atoms with Crippen molar-refractivity contribution < 1.29 is 9.94 Å². The van der Waals surface area contributed by atoms with Crippen LogP contribution in [0.4, 0.5) is 0 Å². The fourth-order valence-electron chi connectivity index (χ4n) is 1.19. The van der Waals surface area contributed by atoms with Gasteiger partial charge in [0.25, 0.3) is 5.69 Å². The lowest BCUT2D eigenvalue weighted by molar-refractivity contribution is -0.896. The lowest BCUT2D eigenvalue weighted by atomic mass is 10.2. The summed E-state index contributed by atoms with van der Waals surface area (Å²) in [5.41, 5.74) is 2.38. The predicted octanol–water partition coefficient (Wildman–Crippen LogP) is 0.910. The van der Waals surface area contributed by atoms with Gasteiger partial charge in [-0.15, -0.1) is 0 Å². The van der Waals surface area contributed by atoms with Crippen LogP contribution in [0.3, 0.4) is 0 Å². The van der Waals surface area contributed by atoms with Crippen LogP contribution in [0.1, 0.15) is 5.69 Å². The Morgan fingerprint density at radius 3 is 2.92 bits per heavy atom. The minimum atomic E-state index is 0.673. The number of aryl methyl sites for hydroxylation is 1. The van der Waals surface area contributed by atoms with Crippen molar-refractivity contribution in [2.45, 2.75) is 6.92 Å². The van der Waals surface area contributed by atoms with Crippen molar-refractivity contribution in [2.24, 2.45) is 0 Å². The molecule has 0 unspecified atom stereocenters. The van der Waals surface area contributed by atoms with Gasteiger partial charge in [0.1, 0.15) is 0 Å². The molecule has 0 aliphatic rings. The third-order valence-corrected chi connectivity index (χ3v) is 1.81. The fraction of sp³-hybridized carbons (Fsp3) is 0.111. The van der Waals surface area contributed by atoms with Gasteiger partial charge in [0.05, 0.1) is 0 Å². The molecule has 0 radical (unpaired) electrons. The second-order valence-corrected chi connectivity index (χ2v) is 2.87. The van der Waals surface area contributed by atoms with Crippen LogP contribution in [0.15, 0.2) is 30.5 Å². The van der Waals surface area contributed by atoms with E-state index in [4.69, 9.17) is 0 Å². The van der Waals surface area contributed by atoms with E-state index >= 15 is 0 Å². The van der Waals surface area contributed by atoms with Crippen molar-refractivity contribution in [1.29, 1.82) is 0 Å². The first-order valence-electron chi connectivity index (χ1n) is 4.00. The van der Waals surface area contributed by atoms with Crippen LogP contribution in [0.5, 0.6) is 0 Å². The van der Waals surface area contributed by atoms with E-state index in [9.17, 15) is 5.21 Å². The molecule has 2 aromatic heterocycles. The van der Waals surface area contributed by atoms with Crippen LogP contribution in [-0.4, -0.2) is 15.4 Å². The van der Waals surface area contributed by atoms with Gasteiger partial charge >= 0.3 is 0 Å². The van der Waals surface area contributed by atoms with E-state index in [1.54, 1.807) is 18.3 Å². The largest absolute Gasteiger partial charge is 0.284 e. The van der Waals surface area contributed by atoms with Gasteiger partial charge in [-0.1, -0.05) is 0 Å². The molecule has 0 aliphatic carbocycles. The second kappa shape index (κ2) is 2.90. The summed E-state index contributed by atoms with van der Waals surface area (Å²) in [6, 6.07) is 7.28. The number of aromatic amines is 1. The van der Waals surface area contributed by atoms with Crippen LogP contribution in [-0.2, 0) is 0 Å². The molecule has 2 heterocycles. The third-order valence-electron chi connectivity index (χ3n) is 1.81. The highest BCUT2D eigenvalue weighted by Crippen LogP contribution is 2.11. The van der Waals surface area contributed by atoms with Gasteiger partial charge in [-0.25, -0.2) is 0 Å². The van der Waals surface area contributed by atoms with E-state index in [-0.39, 0.29) is 0 Å². The zero-order chi connectivity index (χ0) is 9.26. The van der Waals surface area contributed by atoms with E-state index in [1.807, 2.05) is 19.1 Å². The number of rotatable bonds is 1. The Balaban J connectivity index is 2.52. The summed E-state index contributed by atoms with van der Waals surface area (Å²) in [5.74, 6) is 0. The summed E-state index contributed by atoms with van der Waals surface area (Å²) in [7, 11) is 0. The van der Waals surface area contributed by atoms with Crippen molar-refractivity contribution >= 4 is 0 Å². The molecule has 0 atom stereocenters. The van der Waals surface area contributed by atoms with Crippen molar-refractivity contribution in [3.8, 4) is 11.4 Å². The standard InChI is InChI=1S/C9H9N3O/c1-7-6-8(11-10-7)9-4-2-3-5-12(9)13/h2-6,13H,1H3/p+1. The maximum absolute atomic E-state index is 9.44. The third kappa shape index (κ3) is 1.38. The predicted molar refractivity (Wildman–Crippen MR) is 46.1 cm³/mol. The van der Waals surface area contributed by atoms with Crippen LogP contribution >= 0.6 is 0 Å². The molecule has 2 N–H and O–H groups in total. The Morgan fingerprint density at radius 1 is 1.46 bits per heavy atom. The number of hydrogen-bond acceptors (Lipinski definition) is 2. The number of aromatic nitrogens is 3. The van der Waals surface area contributed by atoms with Gasteiger partial charge in [-0.3, -0.25) is 10.3 Å². The van der Waals surface area contributed by atoms with Crippen LogP contribution in [0.2, 0.25) is 0 Å². The van der Waals surface area contributed by atoms with E-state index in [2.05, 4.69) is 10.2 Å². The summed E-state index contributed by atoms with van der Waals surface area (Å²) in [5, 5.41) is 16.3. The monoisotopic (exact) mass is 176 g/mol. The lowest BCUT2D eigenvalue weighted by Gasteiger charge is -1.89. The zero-order valence-corrected chi connectivity index (χ0v) is 7.23. The zero-order valence-electron chi connectivity index (χ0n) is 7.23. The van der Waals surface area contributed by atoms with Gasteiger partial charge in [-0.2, -0.15) is 5.10 Å². The van der Waals surface area contributed by atoms with Crippen molar-refractivity contribution in [1.82, 2.24) is 10.2 Å². The van der Waals surface area contributed by atoms with E-state index in [1.165, 1.54) is 0 Å². The Morgan fingerprint density at radius 2 is 2.31 bits per heavy atom. The molecule has 2 rings (SSSR count). The molecule has 0 saturated carbocycles. The van der Waals surface area contributed by atoms with Crippen molar-refractivity contribution in [2.75, 3.05) is 0 Å². The van der Waals surface area contributed by atoms with Gasteiger partial charge in [0.2, 0.25) is 6.20 Å². The highest BCUT2D eigenvalue weighted by atomic mass is 16.5. The molecule has 0 bridgehead atoms. The summed E-state index contributed by atoms with van der Waals surface area (Å²) in [6.45, 7) is 1.92. The minimum absolute atomic E-state index is 0.673. The molecule has 0 amide bonds. The lowest BCUT2D eigenvalue weighted by Crippen LogP contribution is -2.31. The Labute approximate surface area is 75.4 Å². The molecule has 0 fully saturated rings. The van der Waals surface area contributed by atoms with Crippen LogP contribution in [0.25, 0.3) is 11.4 Å². The molecule has 13 heavy (non-hydrogen) atoms. The maximum Gasteiger partial charge on any atom is 0.284 e. The highest BCUT2D eigenvalue weighted by Gasteiger charge is 2.13. The number of H-pyrrole nitrogens is 1. The van der Waals surface area contributed by atoms with Crippen LogP contribution < -0.4 is 4.73 Å². The molecular formula is C9H10N3O+. The summed E-state index contributed by atoms with van der Waals surface area (Å²) < 4.78 is 1.05. The average Bonchev–Trinajstić information content (AvgIpc) is 2.53. The highest BCUT2D eigenvalue weighted by molar-refractivity contribution is 5.49. The normalized spacial score (nSPS) is 10.2. The Kier molecular flexibility index (Phi) is 1.73. The average molecular weight is 176 g/mol. The molecule has 0 aliphatic heterocycles. The summed E-state index contributed by atoms with van der Waals surface area (Å²) in [6.07, 6.45) is 1.57. The van der Waals surface area contributed by atoms with Crippen LogP contribution in [0, 0.1) is 6.92 Å². The first kappa shape index (κ1) is 7.79. The molecule has 0 spiro atoms. The first-order valence-corrected chi connectivity index (χ1v) is 4.00. The number of pyridine rings is 1. The molecule has 4 heteroatoms. The Hall–Kier alpha value is -1.84. The molecular weight excluding hydrogens is 166 g/mol. The number of nitrogens with zero attached hydrogens (tertiary/aromatic N) is 2. The quantitative estimate of drug-likeness (QED) is 0.501. The van der Waals surface area contributed by atoms with E-state index in [0.29, 0.717) is 5.69 Å². The van der Waals surface area contributed by atoms with Gasteiger partial charge in [0, 0.05) is 22.6 Å². The van der Waals surface area contributed by atoms with E-state index < -0.39 is 0 Å². The minimum Gasteiger partial charge on any atom is -0.284 e. The fourth-order valence-corrected chi connectivity index (χ4v) is 1.19. The van der Waals surface area contributed by atoms with Gasteiger partial charge in [0.15, 0.2) is 5.69 Å². The van der Waals surface area contributed by atoms with E-state index in [0.717, 1.165) is 16.1 Å². The summed E-state index contributed by atoms with van der Waals surface area (Å²) in [4.78, 5) is 0. The maximum atomic E-state index is 9.44. The summed E-state index contributed by atoms with van der Waals surface area (Å²) >= 11 is 0.